The Hall–Kier alpha value is -3.21. The van der Waals surface area contributed by atoms with E-state index in [1.807, 2.05) is 18.2 Å². The molecule has 3 rings (SSSR count). The quantitative estimate of drug-likeness (QED) is 0.181. The lowest BCUT2D eigenvalue weighted by Gasteiger charge is -2.28. The van der Waals surface area contributed by atoms with E-state index in [2.05, 4.69) is 33.9 Å². The van der Waals surface area contributed by atoms with Crippen molar-refractivity contribution in [1.29, 1.82) is 0 Å². The van der Waals surface area contributed by atoms with Crippen molar-refractivity contribution in [3.8, 4) is 11.5 Å². The van der Waals surface area contributed by atoms with Crippen LogP contribution in [0, 0.1) is 0 Å². The highest BCUT2D eigenvalue weighted by Crippen LogP contribution is 2.30. The minimum Gasteiger partial charge on any atom is -0.491 e. The normalized spacial score (nSPS) is 12.2. The number of carbonyl (C=O) groups excluding carboxylic acids is 2. The van der Waals surface area contributed by atoms with E-state index >= 15 is 0 Å². The lowest BCUT2D eigenvalue weighted by molar-refractivity contribution is -0.141. The molecule has 2 atom stereocenters. The van der Waals surface area contributed by atoms with Gasteiger partial charge in [0.15, 0.2) is 6.10 Å². The van der Waals surface area contributed by atoms with Gasteiger partial charge < -0.3 is 24.1 Å². The van der Waals surface area contributed by atoms with Crippen molar-refractivity contribution in [2.75, 3.05) is 30.9 Å². The molecule has 3 aromatic carbocycles. The molecule has 0 radical (unpaired) electrons. The number of hydrogen-bond acceptors (Lipinski definition) is 8. The van der Waals surface area contributed by atoms with Gasteiger partial charge in [0.1, 0.15) is 24.2 Å². The fourth-order valence-electron chi connectivity index (χ4n) is 3.38. The molecule has 0 unspecified atom stereocenters. The van der Waals surface area contributed by atoms with Crippen LogP contribution in [0.15, 0.2) is 83.3 Å². The van der Waals surface area contributed by atoms with Crippen LogP contribution in [-0.4, -0.2) is 48.8 Å². The molecule has 0 saturated heterocycles. The molecule has 37 heavy (non-hydrogen) atoms. The lowest BCUT2D eigenvalue weighted by Crippen LogP contribution is -2.32. The molecule has 0 spiro atoms. The second-order valence-corrected chi connectivity index (χ2v) is 8.97. The molecule has 0 bridgehead atoms. The molecule has 8 nitrogen and oxygen atoms in total. The number of anilines is 1. The van der Waals surface area contributed by atoms with Crippen LogP contribution in [0.3, 0.4) is 0 Å². The van der Waals surface area contributed by atoms with Crippen LogP contribution in [-0.2, 0) is 14.3 Å². The Labute approximate surface area is 229 Å². The molecule has 0 fully saturated rings. The van der Waals surface area contributed by atoms with E-state index in [1.165, 1.54) is 0 Å². The zero-order valence-electron chi connectivity index (χ0n) is 19.9. The first kappa shape index (κ1) is 28.4. The van der Waals surface area contributed by atoms with E-state index in [4.69, 9.17) is 24.1 Å². The largest absolute Gasteiger partial charge is 0.491 e. The maximum atomic E-state index is 13.0. The summed E-state index contributed by atoms with van der Waals surface area (Å²) in [5, 5.41) is 11.8. The van der Waals surface area contributed by atoms with Gasteiger partial charge in [0, 0.05) is 16.6 Å². The summed E-state index contributed by atoms with van der Waals surface area (Å²) in [7, 11) is 0. The number of halogens is 1. The van der Waals surface area contributed by atoms with Gasteiger partial charge in [0.25, 0.3) is 0 Å². The van der Waals surface area contributed by atoms with Crippen molar-refractivity contribution in [3.63, 3.8) is 0 Å². The monoisotopic (exact) mass is 589 g/mol. The minimum atomic E-state index is -0.900. The Morgan fingerprint density at radius 2 is 1.68 bits per heavy atom. The molecular formula is C27H28BrNO7S. The minimum absolute atomic E-state index is 0.0335. The number of aliphatic hydroxyl groups excluding tert-OH is 1. The molecule has 0 aliphatic heterocycles. The number of carbonyl (C=O) groups is 2. The second kappa shape index (κ2) is 15.1. The van der Waals surface area contributed by atoms with Gasteiger partial charge in [-0.15, -0.1) is 0 Å². The number of thiol groups is 1. The fourth-order valence-corrected chi connectivity index (χ4v) is 3.74. The summed E-state index contributed by atoms with van der Waals surface area (Å²) in [6, 6.07) is 23.1. The maximum Gasteiger partial charge on any atom is 0.412 e. The Balaban J connectivity index is 1.89. The number of para-hydroxylation sites is 1. The summed E-state index contributed by atoms with van der Waals surface area (Å²) < 4.78 is 23.8. The SMILES string of the molecule is O=C(CS)OCC[C@H](Oc1ccccc1)[C@@H](OC(=O)Nc1ccc(Br)cc1)c1cccc(OCCO)c1. The van der Waals surface area contributed by atoms with Crippen LogP contribution in [0.5, 0.6) is 11.5 Å². The molecule has 0 heterocycles. The van der Waals surface area contributed by atoms with Crippen LogP contribution >= 0.6 is 28.6 Å². The average molecular weight is 590 g/mol. The predicted molar refractivity (Wildman–Crippen MR) is 146 cm³/mol. The lowest BCUT2D eigenvalue weighted by atomic mass is 10.0. The third-order valence-corrected chi connectivity index (χ3v) is 5.82. The first-order valence-corrected chi connectivity index (χ1v) is 13.0. The van der Waals surface area contributed by atoms with E-state index in [-0.39, 0.29) is 32.0 Å². The highest BCUT2D eigenvalue weighted by molar-refractivity contribution is 9.10. The number of nitrogens with one attached hydrogen (secondary N) is 1. The van der Waals surface area contributed by atoms with Crippen LogP contribution < -0.4 is 14.8 Å². The first-order chi connectivity index (χ1) is 18.0. The van der Waals surface area contributed by atoms with Crippen molar-refractivity contribution >= 4 is 46.3 Å². The molecule has 10 heteroatoms. The number of benzene rings is 3. The van der Waals surface area contributed by atoms with E-state index < -0.39 is 24.3 Å². The number of ether oxygens (including phenoxy) is 4. The van der Waals surface area contributed by atoms with E-state index in [9.17, 15) is 9.59 Å². The van der Waals surface area contributed by atoms with Crippen molar-refractivity contribution in [2.45, 2.75) is 18.6 Å². The molecule has 0 aliphatic rings. The summed E-state index contributed by atoms with van der Waals surface area (Å²) in [4.78, 5) is 24.6. The van der Waals surface area contributed by atoms with Crippen molar-refractivity contribution in [2.24, 2.45) is 0 Å². The number of hydrogen-bond donors (Lipinski definition) is 3. The Kier molecular flexibility index (Phi) is 11.6. The highest BCUT2D eigenvalue weighted by Gasteiger charge is 2.30. The van der Waals surface area contributed by atoms with Crippen LogP contribution in [0.25, 0.3) is 0 Å². The topological polar surface area (TPSA) is 103 Å². The van der Waals surface area contributed by atoms with E-state index in [0.29, 0.717) is 22.7 Å². The van der Waals surface area contributed by atoms with Gasteiger partial charge in [-0.3, -0.25) is 10.1 Å². The van der Waals surface area contributed by atoms with Crippen LogP contribution in [0.2, 0.25) is 0 Å². The van der Waals surface area contributed by atoms with Gasteiger partial charge in [-0.25, -0.2) is 4.79 Å². The fraction of sp³-hybridized carbons (Fsp3) is 0.259. The standard InChI is InChI=1S/C27H28BrNO7S/c28-20-9-11-21(12-10-20)29-27(32)36-26(19-5-4-8-23(17-19)33-16-14-30)24(13-15-34-25(31)18-37)35-22-6-2-1-3-7-22/h1-12,17,24,26,30,37H,13-16,18H2,(H,29,32)/t24-,26-/m0/s1. The Bertz CT molecular complexity index is 1130. The molecule has 1 amide bonds. The van der Waals surface area contributed by atoms with E-state index in [0.717, 1.165) is 4.47 Å². The number of aliphatic hydroxyl groups is 1. The second-order valence-electron chi connectivity index (χ2n) is 7.74. The van der Waals surface area contributed by atoms with Gasteiger partial charge in [-0.05, 0) is 54.1 Å². The molecule has 0 saturated carbocycles. The summed E-state index contributed by atoms with van der Waals surface area (Å²) in [6.07, 6.45) is -2.09. The van der Waals surface area contributed by atoms with Gasteiger partial charge in [0.05, 0.1) is 19.0 Å². The van der Waals surface area contributed by atoms with Gasteiger partial charge in [0.2, 0.25) is 0 Å². The zero-order chi connectivity index (χ0) is 26.5. The molecule has 2 N–H and O–H groups in total. The number of rotatable bonds is 13. The Morgan fingerprint density at radius 1 is 0.946 bits per heavy atom. The van der Waals surface area contributed by atoms with Crippen LogP contribution in [0.1, 0.15) is 18.1 Å². The molecular weight excluding hydrogens is 562 g/mol. The summed E-state index contributed by atoms with van der Waals surface area (Å²) in [6.45, 7) is 0.00441. The zero-order valence-corrected chi connectivity index (χ0v) is 22.4. The van der Waals surface area contributed by atoms with Crippen molar-refractivity contribution in [3.05, 3.63) is 88.9 Å². The van der Waals surface area contributed by atoms with Gasteiger partial charge in [-0.1, -0.05) is 46.3 Å². The molecule has 0 aliphatic carbocycles. The smallest absolute Gasteiger partial charge is 0.412 e. The maximum absolute atomic E-state index is 13.0. The molecule has 196 valence electrons. The summed E-state index contributed by atoms with van der Waals surface area (Å²) in [5.74, 6) is 0.534. The highest BCUT2D eigenvalue weighted by atomic mass is 79.9. The van der Waals surface area contributed by atoms with Gasteiger partial charge in [-0.2, -0.15) is 12.6 Å². The summed E-state index contributed by atoms with van der Waals surface area (Å²) >= 11 is 7.31. The average Bonchev–Trinajstić information content (AvgIpc) is 2.92. The molecule has 3 aromatic rings. The number of amides is 1. The third kappa shape index (κ3) is 9.64. The number of esters is 1. The predicted octanol–water partition coefficient (Wildman–Crippen LogP) is 5.42. The Morgan fingerprint density at radius 3 is 2.38 bits per heavy atom. The van der Waals surface area contributed by atoms with Crippen molar-refractivity contribution < 1.29 is 33.6 Å². The first-order valence-electron chi connectivity index (χ1n) is 11.5. The third-order valence-electron chi connectivity index (χ3n) is 5.03. The van der Waals surface area contributed by atoms with Crippen molar-refractivity contribution in [1.82, 2.24) is 0 Å². The van der Waals surface area contributed by atoms with Crippen LogP contribution in [0.4, 0.5) is 10.5 Å². The van der Waals surface area contributed by atoms with E-state index in [1.54, 1.807) is 60.7 Å². The molecule has 0 aromatic heterocycles. The van der Waals surface area contributed by atoms with Gasteiger partial charge >= 0.3 is 12.1 Å². The summed E-state index contributed by atoms with van der Waals surface area (Å²) in [5.41, 5.74) is 1.15.